The summed E-state index contributed by atoms with van der Waals surface area (Å²) in [5, 5.41) is 7.55. The van der Waals surface area contributed by atoms with Gasteiger partial charge in [0.05, 0.1) is 16.6 Å². The summed E-state index contributed by atoms with van der Waals surface area (Å²) in [6.45, 7) is 0.511. The lowest BCUT2D eigenvalue weighted by Crippen LogP contribution is -2.05. The Morgan fingerprint density at radius 1 is 0.963 bits per heavy atom. The predicted octanol–water partition coefficient (Wildman–Crippen LogP) is 5.17. The van der Waals surface area contributed by atoms with Gasteiger partial charge < -0.3 is 10.6 Å². The third-order valence-corrected chi connectivity index (χ3v) is 4.40. The molecule has 0 saturated heterocycles. The quantitative estimate of drug-likeness (QED) is 0.500. The molecule has 0 aliphatic rings. The van der Waals surface area contributed by atoms with Crippen molar-refractivity contribution < 1.29 is 4.39 Å². The maximum atomic E-state index is 13.9. The van der Waals surface area contributed by atoms with Crippen molar-refractivity contribution in [2.45, 2.75) is 6.54 Å². The number of nitrogens with zero attached hydrogens (tertiary/aromatic N) is 3. The third kappa shape index (κ3) is 3.80. The normalized spacial score (nSPS) is 10.7. The van der Waals surface area contributed by atoms with Crippen LogP contribution in [0.5, 0.6) is 0 Å². The molecule has 2 N–H and O–H groups in total. The Labute approximate surface area is 160 Å². The molecule has 4 aromatic rings. The first-order valence-electron chi connectivity index (χ1n) is 8.31. The number of nitrogens with one attached hydrogen (secondary N) is 2. The molecule has 0 unspecified atom stereocenters. The van der Waals surface area contributed by atoms with E-state index in [4.69, 9.17) is 11.6 Å². The van der Waals surface area contributed by atoms with Crippen LogP contribution in [0, 0.1) is 5.82 Å². The second-order valence-electron chi connectivity index (χ2n) is 5.84. The number of fused-ring (bicyclic) bond motifs is 1. The molecule has 0 aliphatic heterocycles. The summed E-state index contributed by atoms with van der Waals surface area (Å²) >= 11 is 6.17. The molecule has 2 heterocycles. The second kappa shape index (κ2) is 7.55. The Balaban J connectivity index is 1.58. The lowest BCUT2D eigenvalue weighted by Gasteiger charge is -2.10. The van der Waals surface area contributed by atoms with Crippen molar-refractivity contribution in [3.63, 3.8) is 0 Å². The highest BCUT2D eigenvalue weighted by Crippen LogP contribution is 2.25. The number of hydrogen-bond donors (Lipinski definition) is 2. The van der Waals surface area contributed by atoms with Crippen LogP contribution in [0.2, 0.25) is 5.02 Å². The molecule has 27 heavy (non-hydrogen) atoms. The maximum absolute atomic E-state index is 13.9. The SMILES string of the molecule is Fc1ccccc1Nc1nccc2nc(NCc3ccccc3Cl)ncc12. The van der Waals surface area contributed by atoms with Gasteiger partial charge in [-0.1, -0.05) is 41.9 Å². The van der Waals surface area contributed by atoms with E-state index in [9.17, 15) is 4.39 Å². The summed E-state index contributed by atoms with van der Waals surface area (Å²) in [6.07, 6.45) is 3.28. The molecule has 0 spiro atoms. The summed E-state index contributed by atoms with van der Waals surface area (Å²) in [4.78, 5) is 13.1. The number of hydrogen-bond acceptors (Lipinski definition) is 5. The monoisotopic (exact) mass is 379 g/mol. The maximum Gasteiger partial charge on any atom is 0.223 e. The van der Waals surface area contributed by atoms with Crippen LogP contribution in [-0.4, -0.2) is 15.0 Å². The molecule has 0 amide bonds. The summed E-state index contributed by atoms with van der Waals surface area (Å²) in [5.41, 5.74) is 2.00. The number of rotatable bonds is 5. The van der Waals surface area contributed by atoms with E-state index in [0.29, 0.717) is 39.9 Å². The van der Waals surface area contributed by atoms with E-state index in [0.717, 1.165) is 5.56 Å². The molecule has 0 bridgehead atoms. The summed E-state index contributed by atoms with van der Waals surface area (Å²) < 4.78 is 13.9. The van der Waals surface area contributed by atoms with Gasteiger partial charge in [0, 0.05) is 24.0 Å². The van der Waals surface area contributed by atoms with Crippen LogP contribution in [-0.2, 0) is 6.54 Å². The molecule has 5 nitrogen and oxygen atoms in total. The van der Waals surface area contributed by atoms with Crippen molar-refractivity contribution >= 4 is 40.0 Å². The Hall–Kier alpha value is -3.25. The molecule has 0 fully saturated rings. The third-order valence-electron chi connectivity index (χ3n) is 4.03. The van der Waals surface area contributed by atoms with Crippen LogP contribution in [0.25, 0.3) is 10.9 Å². The Kier molecular flexibility index (Phi) is 4.80. The second-order valence-corrected chi connectivity index (χ2v) is 6.24. The number of halogens is 2. The van der Waals surface area contributed by atoms with E-state index in [2.05, 4.69) is 25.6 Å². The Bertz CT molecular complexity index is 1100. The van der Waals surface area contributed by atoms with Crippen molar-refractivity contribution in [3.8, 4) is 0 Å². The summed E-state index contributed by atoms with van der Waals surface area (Å²) in [5.74, 6) is 0.621. The van der Waals surface area contributed by atoms with Crippen LogP contribution in [0.4, 0.5) is 21.8 Å². The van der Waals surface area contributed by atoms with E-state index >= 15 is 0 Å². The molecule has 2 aromatic carbocycles. The zero-order chi connectivity index (χ0) is 18.6. The van der Waals surface area contributed by atoms with Crippen LogP contribution in [0.15, 0.2) is 67.0 Å². The molecule has 0 aliphatic carbocycles. The highest BCUT2D eigenvalue weighted by molar-refractivity contribution is 6.31. The molecule has 0 radical (unpaired) electrons. The zero-order valence-electron chi connectivity index (χ0n) is 14.2. The van der Waals surface area contributed by atoms with Gasteiger partial charge in [-0.15, -0.1) is 0 Å². The highest BCUT2D eigenvalue weighted by atomic mass is 35.5. The van der Waals surface area contributed by atoms with Gasteiger partial charge in [-0.3, -0.25) is 0 Å². The standard InChI is InChI=1S/C20H15ClFN5/c21-15-6-2-1-5-13(15)11-24-20-25-12-14-17(27-20)9-10-23-19(14)26-18-8-4-3-7-16(18)22/h1-10,12H,11H2,(H,23,26)(H,24,25,27). The largest absolute Gasteiger partial charge is 0.350 e. The number of aromatic nitrogens is 3. The average Bonchev–Trinajstić information content (AvgIpc) is 2.69. The Morgan fingerprint density at radius 2 is 1.78 bits per heavy atom. The topological polar surface area (TPSA) is 62.7 Å². The minimum absolute atomic E-state index is 0.346. The fraction of sp³-hybridized carbons (Fsp3) is 0.0500. The van der Waals surface area contributed by atoms with Gasteiger partial charge in [-0.2, -0.15) is 0 Å². The van der Waals surface area contributed by atoms with Crippen LogP contribution < -0.4 is 10.6 Å². The van der Waals surface area contributed by atoms with Crippen molar-refractivity contribution in [2.24, 2.45) is 0 Å². The lowest BCUT2D eigenvalue weighted by atomic mass is 10.2. The first-order chi connectivity index (χ1) is 13.2. The minimum atomic E-state index is -0.352. The molecule has 4 rings (SSSR count). The van der Waals surface area contributed by atoms with E-state index < -0.39 is 0 Å². The van der Waals surface area contributed by atoms with Gasteiger partial charge in [0.25, 0.3) is 0 Å². The van der Waals surface area contributed by atoms with E-state index in [1.165, 1.54) is 6.07 Å². The van der Waals surface area contributed by atoms with Crippen molar-refractivity contribution in [2.75, 3.05) is 10.6 Å². The van der Waals surface area contributed by atoms with E-state index in [1.54, 1.807) is 36.7 Å². The number of para-hydroxylation sites is 1. The Morgan fingerprint density at radius 3 is 2.63 bits per heavy atom. The molecule has 2 aromatic heterocycles. The van der Waals surface area contributed by atoms with Crippen molar-refractivity contribution in [1.29, 1.82) is 0 Å². The van der Waals surface area contributed by atoms with E-state index in [-0.39, 0.29) is 5.82 Å². The molecule has 0 atom stereocenters. The number of pyridine rings is 1. The molecular weight excluding hydrogens is 365 g/mol. The summed E-state index contributed by atoms with van der Waals surface area (Å²) in [7, 11) is 0. The average molecular weight is 380 g/mol. The van der Waals surface area contributed by atoms with Gasteiger partial charge in [-0.05, 0) is 29.8 Å². The molecule has 7 heteroatoms. The van der Waals surface area contributed by atoms with Gasteiger partial charge in [0.15, 0.2) is 0 Å². The first kappa shape index (κ1) is 17.2. The van der Waals surface area contributed by atoms with Gasteiger partial charge in [-0.25, -0.2) is 19.3 Å². The first-order valence-corrected chi connectivity index (χ1v) is 8.69. The summed E-state index contributed by atoms with van der Waals surface area (Å²) in [6, 6.07) is 15.8. The minimum Gasteiger partial charge on any atom is -0.350 e. The predicted molar refractivity (Wildman–Crippen MR) is 106 cm³/mol. The van der Waals surface area contributed by atoms with Crippen LogP contribution in [0.3, 0.4) is 0 Å². The number of anilines is 3. The van der Waals surface area contributed by atoms with Crippen LogP contribution >= 0.6 is 11.6 Å². The fourth-order valence-electron chi connectivity index (χ4n) is 2.65. The fourth-order valence-corrected chi connectivity index (χ4v) is 2.85. The number of benzene rings is 2. The van der Waals surface area contributed by atoms with Crippen molar-refractivity contribution in [1.82, 2.24) is 15.0 Å². The van der Waals surface area contributed by atoms with Crippen LogP contribution in [0.1, 0.15) is 5.56 Å². The highest BCUT2D eigenvalue weighted by Gasteiger charge is 2.09. The van der Waals surface area contributed by atoms with Gasteiger partial charge in [0.2, 0.25) is 5.95 Å². The molecular formula is C20H15ClFN5. The zero-order valence-corrected chi connectivity index (χ0v) is 14.9. The van der Waals surface area contributed by atoms with E-state index in [1.807, 2.05) is 24.3 Å². The van der Waals surface area contributed by atoms with Gasteiger partial charge in [0.1, 0.15) is 11.6 Å². The van der Waals surface area contributed by atoms with Gasteiger partial charge >= 0.3 is 0 Å². The molecule has 134 valence electrons. The molecule has 0 saturated carbocycles. The lowest BCUT2D eigenvalue weighted by molar-refractivity contribution is 0.632. The van der Waals surface area contributed by atoms with Crippen molar-refractivity contribution in [3.05, 3.63) is 83.4 Å². The smallest absolute Gasteiger partial charge is 0.223 e.